The fraction of sp³-hybridized carbons (Fsp3) is 0.875. The van der Waals surface area contributed by atoms with Crippen molar-refractivity contribution in [1.29, 1.82) is 0 Å². The fourth-order valence-corrected chi connectivity index (χ4v) is 0.814. The third-order valence-electron chi connectivity index (χ3n) is 1.51. The molecule has 1 unspecified atom stereocenters. The predicted molar refractivity (Wildman–Crippen MR) is 49.4 cm³/mol. The lowest BCUT2D eigenvalue weighted by molar-refractivity contribution is -0.123. The second-order valence-electron chi connectivity index (χ2n) is 2.70. The number of amides is 1. The Morgan fingerprint density at radius 3 is 2.69 bits per heavy atom. The van der Waals surface area contributed by atoms with E-state index in [-0.39, 0.29) is 12.5 Å². The number of carbonyl (C=O) groups excluding carboxylic acids is 1. The summed E-state index contributed by atoms with van der Waals surface area (Å²) in [5.41, 5.74) is 5.47. The number of hydrogen-bond acceptors (Lipinski definition) is 4. The van der Waals surface area contributed by atoms with Gasteiger partial charge in [0, 0.05) is 27.4 Å². The van der Waals surface area contributed by atoms with Crippen LogP contribution in [0.1, 0.15) is 6.42 Å². The van der Waals surface area contributed by atoms with Gasteiger partial charge in [0.1, 0.15) is 6.04 Å². The minimum Gasteiger partial charge on any atom is -0.385 e. The number of carbonyl (C=O) groups is 1. The number of ether oxygens (including phenoxy) is 2. The summed E-state index contributed by atoms with van der Waals surface area (Å²) in [6.07, 6.45) is 0.794. The molecule has 0 spiro atoms. The van der Waals surface area contributed by atoms with Crippen LogP contribution in [-0.2, 0) is 14.3 Å². The second kappa shape index (κ2) is 7.97. The molecule has 13 heavy (non-hydrogen) atoms. The molecule has 1 amide bonds. The van der Waals surface area contributed by atoms with E-state index in [4.69, 9.17) is 15.2 Å². The first-order chi connectivity index (χ1) is 6.22. The third kappa shape index (κ3) is 6.51. The minimum absolute atomic E-state index is 0.182. The molecule has 0 bridgehead atoms. The molecule has 0 saturated heterocycles. The highest BCUT2D eigenvalue weighted by Crippen LogP contribution is 1.82. The van der Waals surface area contributed by atoms with Gasteiger partial charge in [-0.05, 0) is 6.42 Å². The van der Waals surface area contributed by atoms with Crippen molar-refractivity contribution in [3.05, 3.63) is 0 Å². The van der Waals surface area contributed by atoms with Gasteiger partial charge in [0.2, 0.25) is 5.91 Å². The fourth-order valence-electron chi connectivity index (χ4n) is 0.814. The quantitative estimate of drug-likeness (QED) is 0.511. The molecule has 5 nitrogen and oxygen atoms in total. The smallest absolute Gasteiger partial charge is 0.239 e. The topological polar surface area (TPSA) is 73.6 Å². The van der Waals surface area contributed by atoms with Gasteiger partial charge in [-0.25, -0.2) is 0 Å². The van der Waals surface area contributed by atoms with Crippen LogP contribution in [0.25, 0.3) is 0 Å². The van der Waals surface area contributed by atoms with Gasteiger partial charge in [0.25, 0.3) is 0 Å². The molecule has 0 heterocycles. The summed E-state index contributed by atoms with van der Waals surface area (Å²) < 4.78 is 9.57. The molecule has 1 atom stereocenters. The van der Waals surface area contributed by atoms with Gasteiger partial charge in [0.05, 0.1) is 6.61 Å². The zero-order valence-electron chi connectivity index (χ0n) is 8.21. The summed E-state index contributed by atoms with van der Waals surface area (Å²) in [4.78, 5) is 11.1. The number of hydrogen-bond donors (Lipinski definition) is 2. The van der Waals surface area contributed by atoms with Crippen LogP contribution in [0.2, 0.25) is 0 Å². The van der Waals surface area contributed by atoms with Crippen LogP contribution in [0, 0.1) is 0 Å². The number of rotatable bonds is 7. The molecule has 0 aromatic carbocycles. The Morgan fingerprint density at radius 2 is 2.15 bits per heavy atom. The molecule has 0 rings (SSSR count). The lowest BCUT2D eigenvalue weighted by Crippen LogP contribution is -2.43. The molecule has 3 N–H and O–H groups in total. The summed E-state index contributed by atoms with van der Waals surface area (Å²) in [6, 6.07) is -0.576. The van der Waals surface area contributed by atoms with Gasteiger partial charge < -0.3 is 20.5 Å². The molecule has 0 aliphatic carbocycles. The summed E-state index contributed by atoms with van der Waals surface area (Å²) >= 11 is 0. The molecule has 0 saturated carbocycles. The predicted octanol–water partition coefficient (Wildman–Crippen LogP) is -0.887. The maximum atomic E-state index is 11.1. The van der Waals surface area contributed by atoms with E-state index in [0.29, 0.717) is 13.2 Å². The van der Waals surface area contributed by atoms with E-state index in [0.717, 1.165) is 6.42 Å². The first-order valence-corrected chi connectivity index (χ1v) is 4.23. The van der Waals surface area contributed by atoms with Crippen LogP contribution in [-0.4, -0.2) is 45.9 Å². The molecule has 0 fully saturated rings. The third-order valence-corrected chi connectivity index (χ3v) is 1.51. The zero-order valence-corrected chi connectivity index (χ0v) is 8.21. The maximum absolute atomic E-state index is 11.1. The first kappa shape index (κ1) is 12.3. The zero-order chi connectivity index (χ0) is 10.1. The first-order valence-electron chi connectivity index (χ1n) is 4.23. The van der Waals surface area contributed by atoms with Gasteiger partial charge >= 0.3 is 0 Å². The van der Waals surface area contributed by atoms with E-state index in [1.165, 1.54) is 7.11 Å². The molecule has 0 radical (unpaired) electrons. The van der Waals surface area contributed by atoms with Crippen molar-refractivity contribution in [2.75, 3.05) is 34.0 Å². The monoisotopic (exact) mass is 190 g/mol. The Kier molecular flexibility index (Phi) is 7.57. The average molecular weight is 190 g/mol. The van der Waals surface area contributed by atoms with E-state index in [9.17, 15) is 4.79 Å². The van der Waals surface area contributed by atoms with Gasteiger partial charge in [0.15, 0.2) is 0 Å². The molecule has 0 aromatic heterocycles. The SMILES string of the molecule is COCCCNC(=O)C(N)COC. The number of methoxy groups -OCH3 is 2. The van der Waals surface area contributed by atoms with Crippen molar-refractivity contribution in [2.24, 2.45) is 5.73 Å². The number of nitrogens with two attached hydrogens (primary N) is 1. The number of nitrogens with one attached hydrogen (secondary N) is 1. The van der Waals surface area contributed by atoms with Gasteiger partial charge in [-0.1, -0.05) is 0 Å². The molecule has 78 valence electrons. The molecule has 0 aliphatic rings. The summed E-state index contributed by atoms with van der Waals surface area (Å²) in [6.45, 7) is 1.47. The van der Waals surface area contributed by atoms with E-state index in [2.05, 4.69) is 5.32 Å². The maximum Gasteiger partial charge on any atom is 0.239 e. The summed E-state index contributed by atoms with van der Waals surface area (Å²) in [5.74, 6) is -0.182. The van der Waals surface area contributed by atoms with E-state index >= 15 is 0 Å². The average Bonchev–Trinajstić information content (AvgIpc) is 2.12. The lowest BCUT2D eigenvalue weighted by atomic mass is 10.3. The van der Waals surface area contributed by atoms with Crippen LogP contribution >= 0.6 is 0 Å². The van der Waals surface area contributed by atoms with Gasteiger partial charge in [-0.3, -0.25) is 4.79 Å². The Labute approximate surface area is 78.6 Å². The van der Waals surface area contributed by atoms with E-state index in [1.54, 1.807) is 7.11 Å². The van der Waals surface area contributed by atoms with Crippen molar-refractivity contribution in [3.8, 4) is 0 Å². The van der Waals surface area contributed by atoms with Crippen LogP contribution in [0.3, 0.4) is 0 Å². The Morgan fingerprint density at radius 1 is 1.46 bits per heavy atom. The van der Waals surface area contributed by atoms with Crippen molar-refractivity contribution < 1.29 is 14.3 Å². The van der Waals surface area contributed by atoms with Crippen molar-refractivity contribution >= 4 is 5.91 Å². The Hall–Kier alpha value is -0.650. The van der Waals surface area contributed by atoms with Crippen molar-refractivity contribution in [1.82, 2.24) is 5.32 Å². The van der Waals surface area contributed by atoms with E-state index < -0.39 is 6.04 Å². The molecule has 0 aliphatic heterocycles. The van der Waals surface area contributed by atoms with Crippen molar-refractivity contribution in [3.63, 3.8) is 0 Å². The summed E-state index contributed by atoms with van der Waals surface area (Å²) in [7, 11) is 3.14. The molecular weight excluding hydrogens is 172 g/mol. The van der Waals surface area contributed by atoms with Crippen molar-refractivity contribution in [2.45, 2.75) is 12.5 Å². The van der Waals surface area contributed by atoms with E-state index in [1.807, 2.05) is 0 Å². The van der Waals surface area contributed by atoms with Crippen LogP contribution in [0.4, 0.5) is 0 Å². The highest BCUT2D eigenvalue weighted by atomic mass is 16.5. The minimum atomic E-state index is -0.576. The highest BCUT2D eigenvalue weighted by molar-refractivity contribution is 5.81. The van der Waals surface area contributed by atoms with Crippen LogP contribution in [0.5, 0.6) is 0 Å². The molecular formula is C8H18N2O3. The van der Waals surface area contributed by atoms with Crippen LogP contribution in [0.15, 0.2) is 0 Å². The Balaban J connectivity index is 3.38. The second-order valence-corrected chi connectivity index (χ2v) is 2.70. The standard InChI is InChI=1S/C8H18N2O3/c1-12-5-3-4-10-8(11)7(9)6-13-2/h7H,3-6,9H2,1-2H3,(H,10,11). The van der Waals surface area contributed by atoms with Crippen LogP contribution < -0.4 is 11.1 Å². The Bertz CT molecular complexity index is 141. The largest absolute Gasteiger partial charge is 0.385 e. The van der Waals surface area contributed by atoms with Gasteiger partial charge in [-0.15, -0.1) is 0 Å². The lowest BCUT2D eigenvalue weighted by Gasteiger charge is -2.10. The highest BCUT2D eigenvalue weighted by Gasteiger charge is 2.11. The van der Waals surface area contributed by atoms with Gasteiger partial charge in [-0.2, -0.15) is 0 Å². The molecule has 5 heteroatoms. The molecule has 0 aromatic rings. The normalized spacial score (nSPS) is 12.5. The summed E-state index contributed by atoms with van der Waals surface area (Å²) in [5, 5.41) is 2.68.